The highest BCUT2D eigenvalue weighted by atomic mass is 31.2. The Kier molecular flexibility index (Phi) is 34.9. The summed E-state index contributed by atoms with van der Waals surface area (Å²) in [5.41, 5.74) is 0. The van der Waals surface area contributed by atoms with E-state index >= 15 is 0 Å². The van der Waals surface area contributed by atoms with Crippen molar-refractivity contribution >= 4 is 19.8 Å². The minimum absolute atomic E-state index is 0.0383. The van der Waals surface area contributed by atoms with Crippen molar-refractivity contribution in [3.05, 3.63) is 97.2 Å². The standard InChI is InChI=1S/C49H79O13P/c1-3-5-7-9-11-13-15-17-18-19-20-21-22-23-24-26-28-30-32-34-36-38-43(51)61-41(40-60-63(57,58)62-49-47(55)45(53)44(52)46(54)48(49)56)39-59-42(50)37-35-33-31-29-27-25-16-14-12-10-8-6-4-2/h5-8,11-14,17-18,20-21,25,27,31,33,41,44-49,52-56H,3-4,9-10,15-16,19,22-24,26,28-30,32,34-40H2,1-2H3,(H,57,58)/b7-5-,8-6-,13-11-,14-12-,18-17-,21-20-,27-25-,33-31-. The lowest BCUT2D eigenvalue weighted by Crippen LogP contribution is -2.64. The first-order chi connectivity index (χ1) is 30.4. The lowest BCUT2D eigenvalue weighted by Gasteiger charge is -2.41. The maximum Gasteiger partial charge on any atom is 0.472 e. The molecule has 63 heavy (non-hydrogen) atoms. The van der Waals surface area contributed by atoms with Gasteiger partial charge in [-0.25, -0.2) is 4.57 Å². The molecule has 0 saturated heterocycles. The summed E-state index contributed by atoms with van der Waals surface area (Å²) in [4.78, 5) is 35.7. The quantitative estimate of drug-likeness (QED) is 0.0150. The van der Waals surface area contributed by atoms with E-state index in [1.807, 2.05) is 18.2 Å². The maximum atomic E-state index is 12.8. The lowest BCUT2D eigenvalue weighted by molar-refractivity contribution is -0.220. The normalized spacial score (nSPS) is 22.6. The molecule has 0 aliphatic heterocycles. The van der Waals surface area contributed by atoms with Gasteiger partial charge in [-0.2, -0.15) is 0 Å². The smallest absolute Gasteiger partial charge is 0.462 e. The van der Waals surface area contributed by atoms with Crippen LogP contribution in [0.4, 0.5) is 0 Å². The Morgan fingerprint density at radius 3 is 1.37 bits per heavy atom. The molecule has 6 unspecified atom stereocenters. The van der Waals surface area contributed by atoms with Crippen molar-refractivity contribution in [2.75, 3.05) is 13.2 Å². The summed E-state index contributed by atoms with van der Waals surface area (Å²) in [6.45, 7) is 2.98. The van der Waals surface area contributed by atoms with Crippen LogP contribution >= 0.6 is 7.82 Å². The van der Waals surface area contributed by atoms with Gasteiger partial charge in [0.25, 0.3) is 0 Å². The van der Waals surface area contributed by atoms with Crippen molar-refractivity contribution in [3.63, 3.8) is 0 Å². The van der Waals surface area contributed by atoms with Crippen molar-refractivity contribution in [1.29, 1.82) is 0 Å². The predicted molar refractivity (Wildman–Crippen MR) is 248 cm³/mol. The zero-order chi connectivity index (χ0) is 46.4. The van der Waals surface area contributed by atoms with E-state index in [2.05, 4.69) is 92.8 Å². The predicted octanol–water partition coefficient (Wildman–Crippen LogP) is 9.05. The van der Waals surface area contributed by atoms with Crippen LogP contribution in [-0.4, -0.2) is 98.3 Å². The fourth-order valence-corrected chi connectivity index (χ4v) is 7.26. The Morgan fingerprint density at radius 1 is 0.492 bits per heavy atom. The topological polar surface area (TPSA) is 210 Å². The molecule has 0 amide bonds. The third-order valence-corrected chi connectivity index (χ3v) is 10.9. The van der Waals surface area contributed by atoms with Crippen molar-refractivity contribution in [1.82, 2.24) is 0 Å². The number of aliphatic hydroxyl groups is 5. The minimum Gasteiger partial charge on any atom is -0.462 e. The number of allylic oxidation sites excluding steroid dienone is 16. The number of phosphoric ester groups is 1. The Balaban J connectivity index is 2.48. The summed E-state index contributed by atoms with van der Waals surface area (Å²) in [5, 5.41) is 50.1. The second kappa shape index (κ2) is 38.1. The van der Waals surface area contributed by atoms with E-state index in [9.17, 15) is 44.6 Å². The second-order valence-corrected chi connectivity index (χ2v) is 16.9. The number of esters is 2. The molecule has 0 radical (unpaired) electrons. The van der Waals surface area contributed by atoms with Gasteiger partial charge < -0.3 is 39.9 Å². The van der Waals surface area contributed by atoms with Gasteiger partial charge in [0.15, 0.2) is 6.10 Å². The number of hydrogen-bond donors (Lipinski definition) is 6. The number of carbonyl (C=O) groups excluding carboxylic acids is 2. The number of carbonyl (C=O) groups is 2. The highest BCUT2D eigenvalue weighted by Crippen LogP contribution is 2.47. The molecule has 0 aromatic carbocycles. The van der Waals surface area contributed by atoms with Gasteiger partial charge in [-0.15, -0.1) is 0 Å². The van der Waals surface area contributed by atoms with E-state index in [1.165, 1.54) is 6.42 Å². The number of phosphoric acid groups is 1. The summed E-state index contributed by atoms with van der Waals surface area (Å²) in [5.74, 6) is -1.21. The molecule has 0 aromatic rings. The molecular formula is C49H79O13P. The second-order valence-electron chi connectivity index (χ2n) is 15.5. The van der Waals surface area contributed by atoms with Crippen molar-refractivity contribution in [2.45, 2.75) is 185 Å². The largest absolute Gasteiger partial charge is 0.472 e. The highest BCUT2D eigenvalue weighted by Gasteiger charge is 2.51. The Hall–Kier alpha value is -3.23. The minimum atomic E-state index is -5.14. The van der Waals surface area contributed by atoms with Crippen molar-refractivity contribution in [3.8, 4) is 0 Å². The molecule has 358 valence electrons. The van der Waals surface area contributed by atoms with Gasteiger partial charge in [-0.05, 0) is 77.0 Å². The molecule has 0 bridgehead atoms. The Labute approximate surface area is 377 Å². The first kappa shape index (κ1) is 57.8. The summed E-state index contributed by atoms with van der Waals surface area (Å²) in [6, 6.07) is 0. The number of rotatable bonds is 36. The van der Waals surface area contributed by atoms with Gasteiger partial charge in [0.05, 0.1) is 6.61 Å². The van der Waals surface area contributed by atoms with E-state index in [4.69, 9.17) is 18.5 Å². The van der Waals surface area contributed by atoms with Crippen LogP contribution in [0.5, 0.6) is 0 Å². The lowest BCUT2D eigenvalue weighted by atomic mass is 9.85. The molecule has 0 heterocycles. The van der Waals surface area contributed by atoms with Gasteiger partial charge in [0.2, 0.25) is 0 Å². The SMILES string of the molecule is CC/C=C\C/C=C\C/C=C\C/C=C\CCCCCCCCCCC(=O)OC(COC(=O)CC/C=C\C/C=C\C/C=C\C/C=C\CC)COP(=O)(O)OC1C(O)C(O)C(O)C(O)C1O. The molecule has 0 spiro atoms. The van der Waals surface area contributed by atoms with Gasteiger partial charge >= 0.3 is 19.8 Å². The van der Waals surface area contributed by atoms with Crippen LogP contribution in [0.2, 0.25) is 0 Å². The van der Waals surface area contributed by atoms with Gasteiger partial charge in [0, 0.05) is 12.8 Å². The number of unbranched alkanes of at least 4 members (excludes halogenated alkanes) is 8. The fraction of sp³-hybridized carbons (Fsp3) is 0.633. The first-order valence-corrected chi connectivity index (χ1v) is 24.5. The van der Waals surface area contributed by atoms with E-state index in [0.717, 1.165) is 89.9 Å². The molecule has 1 aliphatic carbocycles. The molecular weight excluding hydrogens is 828 g/mol. The molecule has 1 saturated carbocycles. The molecule has 1 fully saturated rings. The summed E-state index contributed by atoms with van der Waals surface area (Å²) >= 11 is 0. The van der Waals surface area contributed by atoms with Crippen LogP contribution in [0.15, 0.2) is 97.2 Å². The summed E-state index contributed by atoms with van der Waals surface area (Å²) in [7, 11) is -5.14. The monoisotopic (exact) mass is 907 g/mol. The van der Waals surface area contributed by atoms with Gasteiger partial charge in [-0.3, -0.25) is 18.6 Å². The zero-order valence-electron chi connectivity index (χ0n) is 37.8. The molecule has 6 N–H and O–H groups in total. The first-order valence-electron chi connectivity index (χ1n) is 23.0. The van der Waals surface area contributed by atoms with Crippen LogP contribution < -0.4 is 0 Å². The molecule has 14 heteroatoms. The molecule has 1 rings (SSSR count). The third-order valence-electron chi connectivity index (χ3n) is 9.93. The van der Waals surface area contributed by atoms with Crippen LogP contribution in [0.3, 0.4) is 0 Å². The molecule has 1 aliphatic rings. The van der Waals surface area contributed by atoms with E-state index < -0.39 is 75.7 Å². The Morgan fingerprint density at radius 2 is 0.889 bits per heavy atom. The van der Waals surface area contributed by atoms with Crippen LogP contribution in [0.25, 0.3) is 0 Å². The van der Waals surface area contributed by atoms with Gasteiger partial charge in [0.1, 0.15) is 43.2 Å². The van der Waals surface area contributed by atoms with Crippen LogP contribution in [-0.2, 0) is 32.7 Å². The fourth-order valence-electron chi connectivity index (χ4n) is 6.29. The average Bonchev–Trinajstić information content (AvgIpc) is 3.26. The van der Waals surface area contributed by atoms with Crippen molar-refractivity contribution in [2.24, 2.45) is 0 Å². The maximum absolute atomic E-state index is 12.8. The number of aliphatic hydroxyl groups excluding tert-OH is 5. The van der Waals surface area contributed by atoms with Crippen molar-refractivity contribution < 1.29 is 63.1 Å². The number of ether oxygens (including phenoxy) is 2. The van der Waals surface area contributed by atoms with Crippen LogP contribution in [0, 0.1) is 0 Å². The molecule has 6 atom stereocenters. The van der Waals surface area contributed by atoms with E-state index in [0.29, 0.717) is 19.3 Å². The molecule has 13 nitrogen and oxygen atoms in total. The molecule has 0 aromatic heterocycles. The van der Waals surface area contributed by atoms with E-state index in [1.54, 1.807) is 0 Å². The highest BCUT2D eigenvalue weighted by molar-refractivity contribution is 7.47. The van der Waals surface area contributed by atoms with Crippen LogP contribution in [0.1, 0.15) is 142 Å². The average molecular weight is 907 g/mol. The zero-order valence-corrected chi connectivity index (χ0v) is 38.7. The van der Waals surface area contributed by atoms with Gasteiger partial charge in [-0.1, -0.05) is 150 Å². The number of hydrogen-bond acceptors (Lipinski definition) is 12. The van der Waals surface area contributed by atoms with E-state index in [-0.39, 0.29) is 12.8 Å². The Bertz CT molecular complexity index is 1470. The third kappa shape index (κ3) is 30.5. The summed E-state index contributed by atoms with van der Waals surface area (Å²) < 4.78 is 33.4. The summed E-state index contributed by atoms with van der Waals surface area (Å²) in [6.07, 6.45) is 37.6.